The first kappa shape index (κ1) is 15.6. The molecule has 6 heteroatoms. The highest BCUT2D eigenvalue weighted by molar-refractivity contribution is 7.09. The summed E-state index contributed by atoms with van der Waals surface area (Å²) in [5.41, 5.74) is 1.65. The van der Waals surface area contributed by atoms with Crippen LogP contribution in [0.4, 0.5) is 10.5 Å². The van der Waals surface area contributed by atoms with Crippen LogP contribution < -0.4 is 16.0 Å². The molecule has 1 aliphatic carbocycles. The Morgan fingerprint density at radius 1 is 1.13 bits per heavy atom. The molecule has 5 nitrogen and oxygen atoms in total. The second-order valence-corrected chi connectivity index (χ2v) is 6.63. The van der Waals surface area contributed by atoms with Gasteiger partial charge in [-0.05, 0) is 42.0 Å². The van der Waals surface area contributed by atoms with Crippen LogP contribution in [-0.2, 0) is 17.8 Å². The molecule has 23 heavy (non-hydrogen) atoms. The van der Waals surface area contributed by atoms with Crippen LogP contribution >= 0.6 is 11.3 Å². The van der Waals surface area contributed by atoms with E-state index < -0.39 is 0 Å². The minimum absolute atomic E-state index is 0.00872. The van der Waals surface area contributed by atoms with Crippen molar-refractivity contribution in [2.75, 3.05) is 5.32 Å². The molecule has 1 heterocycles. The minimum atomic E-state index is -0.172. The summed E-state index contributed by atoms with van der Waals surface area (Å²) in [5, 5.41) is 10.5. The topological polar surface area (TPSA) is 70.2 Å². The molecule has 3 amide bonds. The molecule has 120 valence electrons. The Labute approximate surface area is 139 Å². The highest BCUT2D eigenvalue weighted by atomic mass is 32.1. The Morgan fingerprint density at radius 3 is 2.57 bits per heavy atom. The molecule has 0 aliphatic heterocycles. The van der Waals surface area contributed by atoms with E-state index in [2.05, 4.69) is 16.0 Å². The third-order valence-corrected chi connectivity index (χ3v) is 4.41. The molecule has 1 aromatic heterocycles. The zero-order valence-corrected chi connectivity index (χ0v) is 13.5. The number of amides is 3. The first-order valence-electron chi connectivity index (χ1n) is 7.64. The van der Waals surface area contributed by atoms with Gasteiger partial charge in [-0.25, -0.2) is 4.79 Å². The summed E-state index contributed by atoms with van der Waals surface area (Å²) in [7, 11) is 0. The summed E-state index contributed by atoms with van der Waals surface area (Å²) in [6.07, 6.45) is 2.46. The maximum atomic E-state index is 11.9. The number of anilines is 1. The number of hydrogen-bond donors (Lipinski definition) is 3. The van der Waals surface area contributed by atoms with E-state index in [0.29, 0.717) is 19.0 Å². The van der Waals surface area contributed by atoms with Crippen LogP contribution in [0.15, 0.2) is 41.8 Å². The third kappa shape index (κ3) is 5.10. The van der Waals surface area contributed by atoms with E-state index in [1.54, 1.807) is 11.3 Å². The van der Waals surface area contributed by atoms with Gasteiger partial charge in [-0.15, -0.1) is 11.3 Å². The van der Waals surface area contributed by atoms with Crippen LogP contribution in [0.1, 0.15) is 23.3 Å². The van der Waals surface area contributed by atoms with Gasteiger partial charge in [0.2, 0.25) is 5.91 Å². The Hall–Kier alpha value is -2.34. The largest absolute Gasteiger partial charge is 0.351 e. The fourth-order valence-electron chi connectivity index (χ4n) is 2.13. The summed E-state index contributed by atoms with van der Waals surface area (Å²) < 4.78 is 0. The van der Waals surface area contributed by atoms with Crippen LogP contribution in [0, 0.1) is 0 Å². The van der Waals surface area contributed by atoms with Crippen molar-refractivity contribution in [3.8, 4) is 0 Å². The Morgan fingerprint density at radius 2 is 1.91 bits per heavy atom. The van der Waals surface area contributed by atoms with Gasteiger partial charge in [-0.3, -0.25) is 4.79 Å². The normalized spacial score (nSPS) is 13.4. The van der Waals surface area contributed by atoms with Crippen molar-refractivity contribution in [1.82, 2.24) is 10.6 Å². The Balaban J connectivity index is 1.44. The lowest BCUT2D eigenvalue weighted by molar-refractivity contribution is -0.120. The highest BCUT2D eigenvalue weighted by Gasteiger charge is 2.23. The van der Waals surface area contributed by atoms with Gasteiger partial charge in [-0.1, -0.05) is 18.2 Å². The number of nitrogens with one attached hydrogen (secondary N) is 3. The van der Waals surface area contributed by atoms with Gasteiger partial charge >= 0.3 is 6.03 Å². The molecule has 1 aromatic carbocycles. The molecule has 1 aliphatic rings. The van der Waals surface area contributed by atoms with E-state index in [1.807, 2.05) is 41.8 Å². The SMILES string of the molecule is O=C(Cc1ccc(NC(=O)NC2CC2)cc1)NCc1cccs1. The van der Waals surface area contributed by atoms with Crippen molar-refractivity contribution in [3.63, 3.8) is 0 Å². The second kappa shape index (κ2) is 7.28. The first-order chi connectivity index (χ1) is 11.2. The number of benzene rings is 1. The fourth-order valence-corrected chi connectivity index (χ4v) is 2.78. The van der Waals surface area contributed by atoms with Crippen LogP contribution in [0.2, 0.25) is 0 Å². The third-order valence-electron chi connectivity index (χ3n) is 3.53. The maximum Gasteiger partial charge on any atom is 0.319 e. The smallest absolute Gasteiger partial charge is 0.319 e. The molecule has 3 N–H and O–H groups in total. The van der Waals surface area contributed by atoms with Gasteiger partial charge in [0.1, 0.15) is 0 Å². The molecule has 2 aromatic rings. The lowest BCUT2D eigenvalue weighted by Gasteiger charge is -2.08. The monoisotopic (exact) mass is 329 g/mol. The molecule has 3 rings (SSSR count). The molecule has 1 saturated carbocycles. The van der Waals surface area contributed by atoms with Crippen molar-refractivity contribution < 1.29 is 9.59 Å². The summed E-state index contributed by atoms with van der Waals surface area (Å²) in [6, 6.07) is 11.5. The molecule has 0 radical (unpaired) electrons. The average molecular weight is 329 g/mol. The molecule has 0 bridgehead atoms. The molecular formula is C17H19N3O2S. The van der Waals surface area contributed by atoms with Gasteiger partial charge in [0, 0.05) is 16.6 Å². The highest BCUT2D eigenvalue weighted by Crippen LogP contribution is 2.19. The van der Waals surface area contributed by atoms with E-state index >= 15 is 0 Å². The van der Waals surface area contributed by atoms with Crippen molar-refractivity contribution >= 4 is 29.0 Å². The maximum absolute atomic E-state index is 11.9. The molecule has 1 fully saturated rings. The lowest BCUT2D eigenvalue weighted by Crippen LogP contribution is -2.30. The standard InChI is InChI=1S/C17H19N3O2S/c21-16(18-11-15-2-1-9-23-15)10-12-3-5-13(6-4-12)19-17(22)20-14-7-8-14/h1-6,9,14H,7-8,10-11H2,(H,18,21)(H2,19,20,22). The number of thiophene rings is 1. The fraction of sp³-hybridized carbons (Fsp3) is 0.294. The van der Waals surface area contributed by atoms with Crippen LogP contribution in [-0.4, -0.2) is 18.0 Å². The zero-order chi connectivity index (χ0) is 16.1. The summed E-state index contributed by atoms with van der Waals surface area (Å²) in [6.45, 7) is 0.567. The van der Waals surface area contributed by atoms with E-state index in [4.69, 9.17) is 0 Å². The molecule has 0 atom stereocenters. The second-order valence-electron chi connectivity index (χ2n) is 5.60. The van der Waals surface area contributed by atoms with Gasteiger partial charge < -0.3 is 16.0 Å². The van der Waals surface area contributed by atoms with Gasteiger partial charge in [0.15, 0.2) is 0 Å². The van der Waals surface area contributed by atoms with Crippen molar-refractivity contribution in [3.05, 3.63) is 52.2 Å². The van der Waals surface area contributed by atoms with E-state index in [1.165, 1.54) is 0 Å². The van der Waals surface area contributed by atoms with Crippen LogP contribution in [0.25, 0.3) is 0 Å². The number of carbonyl (C=O) groups excluding carboxylic acids is 2. The first-order valence-corrected chi connectivity index (χ1v) is 8.52. The summed E-state index contributed by atoms with van der Waals surface area (Å²) >= 11 is 1.63. The molecule has 0 spiro atoms. The number of rotatable bonds is 6. The summed E-state index contributed by atoms with van der Waals surface area (Å²) in [4.78, 5) is 24.7. The number of hydrogen-bond acceptors (Lipinski definition) is 3. The van der Waals surface area contributed by atoms with Crippen molar-refractivity contribution in [2.24, 2.45) is 0 Å². The molecular weight excluding hydrogens is 310 g/mol. The predicted molar refractivity (Wildman–Crippen MR) is 91.5 cm³/mol. The van der Waals surface area contributed by atoms with Crippen LogP contribution in [0.5, 0.6) is 0 Å². The van der Waals surface area contributed by atoms with Gasteiger partial charge in [0.05, 0.1) is 13.0 Å². The predicted octanol–water partition coefficient (Wildman–Crippen LogP) is 2.89. The van der Waals surface area contributed by atoms with Crippen LogP contribution in [0.3, 0.4) is 0 Å². The molecule has 0 unspecified atom stereocenters. The summed E-state index contributed by atoms with van der Waals surface area (Å²) in [5.74, 6) is -0.00872. The van der Waals surface area contributed by atoms with Gasteiger partial charge in [0.25, 0.3) is 0 Å². The Bertz CT molecular complexity index is 664. The average Bonchev–Trinajstić information content (AvgIpc) is 3.18. The van der Waals surface area contributed by atoms with Crippen molar-refractivity contribution in [1.29, 1.82) is 0 Å². The zero-order valence-electron chi connectivity index (χ0n) is 12.7. The Kier molecular flexibility index (Phi) is 4.92. The molecule has 0 saturated heterocycles. The van der Waals surface area contributed by atoms with Crippen molar-refractivity contribution in [2.45, 2.75) is 31.8 Å². The van der Waals surface area contributed by atoms with E-state index in [-0.39, 0.29) is 11.9 Å². The quantitative estimate of drug-likeness (QED) is 0.762. The minimum Gasteiger partial charge on any atom is -0.351 e. The number of urea groups is 1. The number of carbonyl (C=O) groups is 2. The van der Waals surface area contributed by atoms with Gasteiger partial charge in [-0.2, -0.15) is 0 Å². The van der Waals surface area contributed by atoms with E-state index in [9.17, 15) is 9.59 Å². The van der Waals surface area contributed by atoms with E-state index in [0.717, 1.165) is 29.0 Å². The lowest BCUT2D eigenvalue weighted by atomic mass is 10.1.